The van der Waals surface area contributed by atoms with Crippen LogP contribution in [-0.4, -0.2) is 17.3 Å². The van der Waals surface area contributed by atoms with E-state index in [1.54, 1.807) is 12.1 Å². The molecule has 0 radical (unpaired) electrons. The lowest BCUT2D eigenvalue weighted by molar-refractivity contribution is -0.137. The number of hydrogen-bond donors (Lipinski definition) is 1. The number of thiazole rings is 1. The molecule has 2 aromatic carbocycles. The van der Waals surface area contributed by atoms with Gasteiger partial charge in [0.25, 0.3) is 0 Å². The van der Waals surface area contributed by atoms with E-state index in [9.17, 15) is 22.4 Å². The predicted octanol–water partition coefficient (Wildman–Crippen LogP) is 5.19. The lowest BCUT2D eigenvalue weighted by atomic mass is 10.1. The first-order valence-corrected chi connectivity index (χ1v) is 8.81. The summed E-state index contributed by atoms with van der Waals surface area (Å²) in [4.78, 5) is 16.7. The SMILES string of the molecule is O=C(c1cccc(C(F)(F)F)c1)c1cnc(NCCc2ccc(F)cc2)s1. The Kier molecular flexibility index (Phi) is 5.55. The molecule has 3 nitrogen and oxygen atoms in total. The number of anilines is 1. The largest absolute Gasteiger partial charge is 0.416 e. The summed E-state index contributed by atoms with van der Waals surface area (Å²) in [6, 6.07) is 10.4. The second-order valence-corrected chi connectivity index (χ2v) is 6.77. The Morgan fingerprint density at radius 1 is 1.11 bits per heavy atom. The molecule has 0 aliphatic rings. The van der Waals surface area contributed by atoms with E-state index in [1.807, 2.05) is 0 Å². The molecule has 0 aliphatic heterocycles. The van der Waals surface area contributed by atoms with Gasteiger partial charge in [-0.25, -0.2) is 9.37 Å². The van der Waals surface area contributed by atoms with Gasteiger partial charge in [0.1, 0.15) is 5.82 Å². The van der Waals surface area contributed by atoms with Crippen LogP contribution in [0.2, 0.25) is 0 Å². The van der Waals surface area contributed by atoms with E-state index in [-0.39, 0.29) is 16.3 Å². The van der Waals surface area contributed by atoms with Gasteiger partial charge in [-0.2, -0.15) is 13.2 Å². The van der Waals surface area contributed by atoms with Crippen molar-refractivity contribution in [3.05, 3.63) is 82.1 Å². The average molecular weight is 394 g/mol. The lowest BCUT2D eigenvalue weighted by Crippen LogP contribution is -2.07. The number of carbonyl (C=O) groups excluding carboxylic acids is 1. The van der Waals surface area contributed by atoms with E-state index in [0.717, 1.165) is 29.0 Å². The Bertz CT molecular complexity index is 935. The second-order valence-electron chi connectivity index (χ2n) is 5.74. The Morgan fingerprint density at radius 3 is 2.56 bits per heavy atom. The minimum absolute atomic E-state index is 0.0358. The fraction of sp³-hybridized carbons (Fsp3) is 0.158. The van der Waals surface area contributed by atoms with E-state index >= 15 is 0 Å². The zero-order valence-electron chi connectivity index (χ0n) is 13.9. The first-order chi connectivity index (χ1) is 12.8. The maximum Gasteiger partial charge on any atom is 0.416 e. The highest BCUT2D eigenvalue weighted by molar-refractivity contribution is 7.17. The number of halogens is 4. The van der Waals surface area contributed by atoms with Gasteiger partial charge in [0.15, 0.2) is 5.13 Å². The molecular weight excluding hydrogens is 380 g/mol. The van der Waals surface area contributed by atoms with Gasteiger partial charge in [-0.1, -0.05) is 35.6 Å². The fourth-order valence-corrected chi connectivity index (χ4v) is 3.21. The lowest BCUT2D eigenvalue weighted by Gasteiger charge is -2.07. The van der Waals surface area contributed by atoms with Crippen molar-refractivity contribution < 1.29 is 22.4 Å². The molecule has 0 fully saturated rings. The van der Waals surface area contributed by atoms with Crippen molar-refractivity contribution in [1.29, 1.82) is 0 Å². The van der Waals surface area contributed by atoms with Gasteiger partial charge in [0.05, 0.1) is 16.6 Å². The van der Waals surface area contributed by atoms with Gasteiger partial charge in [-0.05, 0) is 36.2 Å². The summed E-state index contributed by atoms with van der Waals surface area (Å²) in [5.41, 5.74) is 0.0440. The quantitative estimate of drug-likeness (QED) is 0.462. The fourth-order valence-electron chi connectivity index (χ4n) is 2.40. The highest BCUT2D eigenvalue weighted by atomic mass is 32.1. The van der Waals surface area contributed by atoms with E-state index in [4.69, 9.17) is 0 Å². The van der Waals surface area contributed by atoms with Crippen molar-refractivity contribution in [2.24, 2.45) is 0 Å². The number of nitrogens with zero attached hydrogens (tertiary/aromatic N) is 1. The molecule has 140 valence electrons. The molecule has 0 amide bonds. The number of benzene rings is 2. The van der Waals surface area contributed by atoms with Crippen LogP contribution in [0.1, 0.15) is 26.4 Å². The number of ketones is 1. The molecule has 27 heavy (non-hydrogen) atoms. The first-order valence-electron chi connectivity index (χ1n) is 7.99. The smallest absolute Gasteiger partial charge is 0.361 e. The molecule has 0 spiro atoms. The summed E-state index contributed by atoms with van der Waals surface area (Å²) in [5.74, 6) is -0.811. The summed E-state index contributed by atoms with van der Waals surface area (Å²) < 4.78 is 51.2. The summed E-state index contributed by atoms with van der Waals surface area (Å²) >= 11 is 1.07. The normalized spacial score (nSPS) is 11.4. The maximum absolute atomic E-state index is 12.9. The van der Waals surface area contributed by atoms with E-state index in [0.29, 0.717) is 18.1 Å². The highest BCUT2D eigenvalue weighted by Gasteiger charge is 2.31. The van der Waals surface area contributed by atoms with Crippen molar-refractivity contribution in [3.63, 3.8) is 0 Å². The van der Waals surface area contributed by atoms with E-state index in [1.165, 1.54) is 30.5 Å². The molecule has 1 aromatic heterocycles. The van der Waals surface area contributed by atoms with Gasteiger partial charge >= 0.3 is 6.18 Å². The molecule has 0 unspecified atom stereocenters. The molecular formula is C19H14F4N2OS. The average Bonchev–Trinajstić information content (AvgIpc) is 3.11. The van der Waals surface area contributed by atoms with Gasteiger partial charge in [-0.15, -0.1) is 0 Å². The molecule has 0 saturated heterocycles. The summed E-state index contributed by atoms with van der Waals surface area (Å²) in [6.07, 6.45) is -2.53. The molecule has 1 N–H and O–H groups in total. The maximum atomic E-state index is 12.9. The van der Waals surface area contributed by atoms with Crippen LogP contribution in [0.15, 0.2) is 54.7 Å². The molecule has 0 saturated carbocycles. The zero-order valence-corrected chi connectivity index (χ0v) is 14.7. The topological polar surface area (TPSA) is 42.0 Å². The van der Waals surface area contributed by atoms with Crippen LogP contribution in [0.3, 0.4) is 0 Å². The van der Waals surface area contributed by atoms with Crippen LogP contribution in [0, 0.1) is 5.82 Å². The molecule has 8 heteroatoms. The van der Waals surface area contributed by atoms with Crippen LogP contribution >= 0.6 is 11.3 Å². The van der Waals surface area contributed by atoms with Crippen molar-refractivity contribution in [2.75, 3.05) is 11.9 Å². The third kappa shape index (κ3) is 4.91. The van der Waals surface area contributed by atoms with Crippen LogP contribution < -0.4 is 5.32 Å². The number of nitrogens with one attached hydrogen (secondary N) is 1. The van der Waals surface area contributed by atoms with Crippen LogP contribution in [0.4, 0.5) is 22.7 Å². The van der Waals surface area contributed by atoms with Crippen molar-refractivity contribution >= 4 is 22.3 Å². The van der Waals surface area contributed by atoms with Crippen molar-refractivity contribution in [1.82, 2.24) is 4.98 Å². The Morgan fingerprint density at radius 2 is 1.85 bits per heavy atom. The Balaban J connectivity index is 1.63. The molecule has 0 bridgehead atoms. The van der Waals surface area contributed by atoms with Gasteiger partial charge in [-0.3, -0.25) is 4.79 Å². The first kappa shape index (κ1) is 19.0. The molecule has 0 aliphatic carbocycles. The monoisotopic (exact) mass is 394 g/mol. The molecule has 3 aromatic rings. The minimum Gasteiger partial charge on any atom is -0.361 e. The number of rotatable bonds is 6. The Hall–Kier alpha value is -2.74. The standard InChI is InChI=1S/C19H14F4N2OS/c20-15-6-4-12(5-7-15)8-9-24-18-25-11-16(27-18)17(26)13-2-1-3-14(10-13)19(21,22)23/h1-7,10-11H,8-9H2,(H,24,25). The van der Waals surface area contributed by atoms with Crippen LogP contribution in [0.5, 0.6) is 0 Å². The van der Waals surface area contributed by atoms with E-state index in [2.05, 4.69) is 10.3 Å². The van der Waals surface area contributed by atoms with Crippen molar-refractivity contribution in [2.45, 2.75) is 12.6 Å². The van der Waals surface area contributed by atoms with Crippen LogP contribution in [0.25, 0.3) is 0 Å². The van der Waals surface area contributed by atoms with Crippen molar-refractivity contribution in [3.8, 4) is 0 Å². The van der Waals surface area contributed by atoms with E-state index < -0.39 is 17.5 Å². The molecule has 3 rings (SSSR count). The van der Waals surface area contributed by atoms with Gasteiger partial charge in [0.2, 0.25) is 5.78 Å². The third-order valence-corrected chi connectivity index (χ3v) is 4.74. The van der Waals surface area contributed by atoms with Crippen LogP contribution in [-0.2, 0) is 12.6 Å². The number of alkyl halides is 3. The second kappa shape index (κ2) is 7.87. The summed E-state index contributed by atoms with van der Waals surface area (Å²) in [5, 5.41) is 3.54. The summed E-state index contributed by atoms with van der Waals surface area (Å²) in [7, 11) is 0. The Labute approximate surface area is 156 Å². The molecule has 1 heterocycles. The predicted molar refractivity (Wildman–Crippen MR) is 95.6 cm³/mol. The summed E-state index contributed by atoms with van der Waals surface area (Å²) in [6.45, 7) is 0.524. The number of carbonyl (C=O) groups is 1. The third-order valence-electron chi connectivity index (χ3n) is 3.78. The number of hydrogen-bond acceptors (Lipinski definition) is 4. The molecule has 0 atom stereocenters. The van der Waals surface area contributed by atoms with Gasteiger partial charge < -0.3 is 5.32 Å². The number of aromatic nitrogens is 1. The van der Waals surface area contributed by atoms with Gasteiger partial charge in [0, 0.05) is 12.1 Å². The highest BCUT2D eigenvalue weighted by Crippen LogP contribution is 2.30. The zero-order chi connectivity index (χ0) is 19.4. The minimum atomic E-state index is -4.50.